The number of rotatable bonds is 7. The summed E-state index contributed by atoms with van der Waals surface area (Å²) in [5.41, 5.74) is 1.86. The maximum absolute atomic E-state index is 13.2. The highest BCUT2D eigenvalue weighted by Gasteiger charge is 2.03. The third kappa shape index (κ3) is 7.58. The number of ether oxygens (including phenoxy) is 1. The van der Waals surface area contributed by atoms with Gasteiger partial charge >= 0.3 is 0 Å². The number of halogens is 3. The highest BCUT2D eigenvalue weighted by molar-refractivity contribution is 14.0. The first kappa shape index (κ1) is 23.5. The molecule has 0 radical (unpaired) electrons. The standard InChI is InChI=1S/C22H22F2N4O.HI/c1-25-22(26-11-10-16-4-2-5-18(23)12-16)28-15-17-8-9-21(27-14-17)29-20-7-3-6-19(24)13-20;/h2-9,12-14H,10-11,15H2,1H3,(H2,25,26,28);1H. The van der Waals surface area contributed by atoms with Gasteiger partial charge in [-0.25, -0.2) is 13.8 Å². The first-order valence-electron chi connectivity index (χ1n) is 9.20. The lowest BCUT2D eigenvalue weighted by Gasteiger charge is -2.12. The zero-order valence-corrected chi connectivity index (χ0v) is 18.8. The fourth-order valence-electron chi connectivity index (χ4n) is 2.65. The summed E-state index contributed by atoms with van der Waals surface area (Å²) in [4.78, 5) is 8.41. The summed E-state index contributed by atoms with van der Waals surface area (Å²) >= 11 is 0. The van der Waals surface area contributed by atoms with Crippen LogP contribution in [0, 0.1) is 11.6 Å². The Morgan fingerprint density at radius 1 is 0.967 bits per heavy atom. The van der Waals surface area contributed by atoms with Crippen LogP contribution in [0.3, 0.4) is 0 Å². The molecule has 0 bridgehead atoms. The van der Waals surface area contributed by atoms with Crippen LogP contribution < -0.4 is 15.4 Å². The van der Waals surface area contributed by atoms with Crippen molar-refractivity contribution in [2.75, 3.05) is 13.6 Å². The van der Waals surface area contributed by atoms with Gasteiger partial charge in [-0.1, -0.05) is 24.3 Å². The molecule has 0 spiro atoms. The van der Waals surface area contributed by atoms with Gasteiger partial charge < -0.3 is 15.4 Å². The lowest BCUT2D eigenvalue weighted by molar-refractivity contribution is 0.457. The van der Waals surface area contributed by atoms with Gasteiger partial charge in [0.25, 0.3) is 0 Å². The third-order valence-corrected chi connectivity index (χ3v) is 4.09. The molecule has 8 heteroatoms. The maximum Gasteiger partial charge on any atom is 0.219 e. The first-order valence-corrected chi connectivity index (χ1v) is 9.20. The van der Waals surface area contributed by atoms with Gasteiger partial charge in [0.1, 0.15) is 17.4 Å². The van der Waals surface area contributed by atoms with E-state index >= 15 is 0 Å². The van der Waals surface area contributed by atoms with E-state index < -0.39 is 0 Å². The van der Waals surface area contributed by atoms with Crippen LogP contribution in [0.4, 0.5) is 8.78 Å². The highest BCUT2D eigenvalue weighted by Crippen LogP contribution is 2.19. The number of nitrogens with zero attached hydrogens (tertiary/aromatic N) is 2. The molecular formula is C22H23F2IN4O. The summed E-state index contributed by atoms with van der Waals surface area (Å²) in [5, 5.41) is 6.39. The predicted molar refractivity (Wildman–Crippen MR) is 124 cm³/mol. The lowest BCUT2D eigenvalue weighted by atomic mass is 10.1. The van der Waals surface area contributed by atoms with Gasteiger partial charge in [0, 0.05) is 38.5 Å². The zero-order chi connectivity index (χ0) is 20.5. The maximum atomic E-state index is 13.2. The van der Waals surface area contributed by atoms with Crippen LogP contribution in [-0.2, 0) is 13.0 Å². The number of pyridine rings is 1. The molecule has 1 heterocycles. The molecule has 0 fully saturated rings. The van der Waals surface area contributed by atoms with Crippen LogP contribution in [-0.4, -0.2) is 24.5 Å². The van der Waals surface area contributed by atoms with Crippen molar-refractivity contribution in [2.45, 2.75) is 13.0 Å². The van der Waals surface area contributed by atoms with Crippen molar-refractivity contribution in [3.63, 3.8) is 0 Å². The Balaban J connectivity index is 0.00000320. The largest absolute Gasteiger partial charge is 0.439 e. The molecule has 0 saturated carbocycles. The molecule has 0 unspecified atom stereocenters. The van der Waals surface area contributed by atoms with Gasteiger partial charge in [0.15, 0.2) is 5.96 Å². The van der Waals surface area contributed by atoms with Crippen LogP contribution in [0.15, 0.2) is 71.9 Å². The van der Waals surface area contributed by atoms with Gasteiger partial charge in [-0.3, -0.25) is 4.99 Å². The van der Waals surface area contributed by atoms with Crippen LogP contribution in [0.5, 0.6) is 11.6 Å². The summed E-state index contributed by atoms with van der Waals surface area (Å²) in [6.45, 7) is 1.15. The third-order valence-electron chi connectivity index (χ3n) is 4.09. The lowest BCUT2D eigenvalue weighted by Crippen LogP contribution is -2.37. The Kier molecular flexibility index (Phi) is 9.46. The second-order valence-electron chi connectivity index (χ2n) is 6.30. The summed E-state index contributed by atoms with van der Waals surface area (Å²) in [6, 6.07) is 16.0. The molecule has 0 saturated heterocycles. The molecule has 2 N–H and O–H groups in total. The fraction of sp³-hybridized carbons (Fsp3) is 0.182. The Bertz CT molecular complexity index is 967. The van der Waals surface area contributed by atoms with E-state index in [9.17, 15) is 8.78 Å². The van der Waals surface area contributed by atoms with Crippen molar-refractivity contribution in [1.82, 2.24) is 15.6 Å². The van der Waals surface area contributed by atoms with Crippen molar-refractivity contribution >= 4 is 29.9 Å². The van der Waals surface area contributed by atoms with E-state index in [1.54, 1.807) is 37.5 Å². The Labute approximate surface area is 191 Å². The second kappa shape index (κ2) is 12.1. The van der Waals surface area contributed by atoms with Crippen molar-refractivity contribution < 1.29 is 13.5 Å². The van der Waals surface area contributed by atoms with E-state index in [-0.39, 0.29) is 35.6 Å². The predicted octanol–water partition coefficient (Wildman–Crippen LogP) is 4.68. The molecule has 2 aromatic carbocycles. The van der Waals surface area contributed by atoms with Crippen molar-refractivity contribution in [2.24, 2.45) is 4.99 Å². The van der Waals surface area contributed by atoms with E-state index in [0.717, 1.165) is 11.1 Å². The molecule has 0 amide bonds. The van der Waals surface area contributed by atoms with Crippen LogP contribution in [0.25, 0.3) is 0 Å². The number of guanidine groups is 1. The van der Waals surface area contributed by atoms with E-state index in [1.807, 2.05) is 12.1 Å². The number of benzene rings is 2. The number of aromatic nitrogens is 1. The smallest absolute Gasteiger partial charge is 0.219 e. The molecule has 0 aliphatic heterocycles. The van der Waals surface area contributed by atoms with Crippen LogP contribution in [0.1, 0.15) is 11.1 Å². The molecule has 0 aliphatic carbocycles. The summed E-state index contributed by atoms with van der Waals surface area (Å²) in [7, 11) is 1.69. The second-order valence-corrected chi connectivity index (χ2v) is 6.30. The Morgan fingerprint density at radius 2 is 1.73 bits per heavy atom. The fourth-order valence-corrected chi connectivity index (χ4v) is 2.65. The minimum Gasteiger partial charge on any atom is -0.439 e. The van der Waals surface area contributed by atoms with Crippen molar-refractivity contribution in [3.8, 4) is 11.6 Å². The molecule has 5 nitrogen and oxygen atoms in total. The molecule has 0 atom stereocenters. The van der Waals surface area contributed by atoms with E-state index in [1.165, 1.54) is 24.3 Å². The molecule has 3 aromatic rings. The summed E-state index contributed by atoms with van der Waals surface area (Å²) in [5.74, 6) is 0.826. The number of aliphatic imine (C=N–C) groups is 1. The van der Waals surface area contributed by atoms with Gasteiger partial charge in [-0.05, 0) is 41.8 Å². The number of hydrogen-bond acceptors (Lipinski definition) is 3. The minimum absolute atomic E-state index is 0. The van der Waals surface area contributed by atoms with Crippen molar-refractivity contribution in [1.29, 1.82) is 0 Å². The Hall–Kier alpha value is -2.75. The quantitative estimate of drug-likeness (QED) is 0.268. The van der Waals surface area contributed by atoms with E-state index in [4.69, 9.17) is 4.74 Å². The first-order chi connectivity index (χ1) is 14.1. The van der Waals surface area contributed by atoms with Gasteiger partial charge in [-0.2, -0.15) is 0 Å². The summed E-state index contributed by atoms with van der Waals surface area (Å²) < 4.78 is 31.9. The normalized spacial score (nSPS) is 10.8. The molecule has 158 valence electrons. The minimum atomic E-state index is -0.361. The molecule has 1 aromatic heterocycles. The highest BCUT2D eigenvalue weighted by atomic mass is 127. The average molecular weight is 524 g/mol. The van der Waals surface area contributed by atoms with Gasteiger partial charge in [0.05, 0.1) is 0 Å². The number of nitrogens with one attached hydrogen (secondary N) is 2. The molecule has 30 heavy (non-hydrogen) atoms. The Morgan fingerprint density at radius 3 is 2.40 bits per heavy atom. The van der Waals surface area contributed by atoms with Gasteiger partial charge in [-0.15, -0.1) is 24.0 Å². The van der Waals surface area contributed by atoms with Crippen molar-refractivity contribution in [3.05, 3.63) is 89.6 Å². The molecular weight excluding hydrogens is 501 g/mol. The molecule has 0 aliphatic rings. The summed E-state index contributed by atoms with van der Waals surface area (Å²) in [6.07, 6.45) is 2.37. The topological polar surface area (TPSA) is 58.5 Å². The van der Waals surface area contributed by atoms with E-state index in [0.29, 0.717) is 37.1 Å². The monoisotopic (exact) mass is 524 g/mol. The molecule has 3 rings (SSSR count). The van der Waals surface area contributed by atoms with Crippen LogP contribution in [0.2, 0.25) is 0 Å². The van der Waals surface area contributed by atoms with Crippen LogP contribution >= 0.6 is 24.0 Å². The zero-order valence-electron chi connectivity index (χ0n) is 16.4. The SMILES string of the molecule is CN=C(NCCc1cccc(F)c1)NCc1ccc(Oc2cccc(F)c2)nc1.I. The number of hydrogen-bond donors (Lipinski definition) is 2. The average Bonchev–Trinajstić information content (AvgIpc) is 2.72. The van der Waals surface area contributed by atoms with Gasteiger partial charge in [0.2, 0.25) is 5.88 Å². The van der Waals surface area contributed by atoms with E-state index in [2.05, 4.69) is 20.6 Å².